The van der Waals surface area contributed by atoms with Crippen molar-refractivity contribution in [2.75, 3.05) is 0 Å². The summed E-state index contributed by atoms with van der Waals surface area (Å²) in [6, 6.07) is 11.0. The van der Waals surface area contributed by atoms with Gasteiger partial charge in [-0.05, 0) is 49.2 Å². The van der Waals surface area contributed by atoms with Crippen molar-refractivity contribution in [1.29, 1.82) is 0 Å². The number of carbonyl (C=O) groups is 1. The number of amides is 1. The maximum absolute atomic E-state index is 12.4. The topological polar surface area (TPSA) is 59.3 Å². The van der Waals surface area contributed by atoms with Gasteiger partial charge in [-0.25, -0.2) is 0 Å². The van der Waals surface area contributed by atoms with E-state index in [9.17, 15) is 9.00 Å². The first-order valence-corrected chi connectivity index (χ1v) is 10.8. The lowest BCUT2D eigenvalue weighted by molar-refractivity contribution is 0.0904. The SMILES string of the molecule is O=C(NC1CCCCCC1)c1ccc(C[S@@](=O)c2ccc(Br)cc2)o1. The monoisotopic (exact) mass is 423 g/mol. The van der Waals surface area contributed by atoms with Crippen LogP contribution in [0.3, 0.4) is 0 Å². The fourth-order valence-electron chi connectivity index (χ4n) is 3.06. The summed E-state index contributed by atoms with van der Waals surface area (Å²) in [5.41, 5.74) is 0. The molecular formula is C19H22BrNO3S. The van der Waals surface area contributed by atoms with Gasteiger partial charge in [-0.15, -0.1) is 0 Å². The van der Waals surface area contributed by atoms with E-state index in [1.54, 1.807) is 12.1 Å². The number of nitrogens with one attached hydrogen (secondary N) is 1. The van der Waals surface area contributed by atoms with Crippen LogP contribution in [0.2, 0.25) is 0 Å². The summed E-state index contributed by atoms with van der Waals surface area (Å²) in [6.07, 6.45) is 6.90. The first-order chi connectivity index (χ1) is 12.1. The number of benzene rings is 1. The number of rotatable bonds is 5. The number of hydrogen-bond donors (Lipinski definition) is 1. The second-order valence-corrected chi connectivity index (χ2v) is 8.74. The Balaban J connectivity index is 1.58. The van der Waals surface area contributed by atoms with Gasteiger partial charge in [0.05, 0.1) is 16.6 Å². The van der Waals surface area contributed by atoms with Crippen molar-refractivity contribution in [3.8, 4) is 0 Å². The van der Waals surface area contributed by atoms with E-state index >= 15 is 0 Å². The molecule has 2 aromatic rings. The lowest BCUT2D eigenvalue weighted by atomic mass is 10.1. The van der Waals surface area contributed by atoms with E-state index in [1.807, 2.05) is 24.3 Å². The number of halogens is 1. The van der Waals surface area contributed by atoms with E-state index < -0.39 is 10.8 Å². The van der Waals surface area contributed by atoms with Crippen molar-refractivity contribution >= 4 is 32.6 Å². The standard InChI is InChI=1S/C19H22BrNO3S/c20-14-7-10-17(11-8-14)25(23)13-16-9-12-18(24-16)19(22)21-15-5-3-1-2-4-6-15/h7-12,15H,1-6,13H2,(H,21,22)/t25-/m1/s1. The molecule has 0 radical (unpaired) electrons. The Morgan fingerprint density at radius 2 is 1.76 bits per heavy atom. The van der Waals surface area contributed by atoms with Crippen LogP contribution < -0.4 is 5.32 Å². The van der Waals surface area contributed by atoms with Gasteiger partial charge in [0.25, 0.3) is 5.91 Å². The second kappa shape index (κ2) is 8.81. The van der Waals surface area contributed by atoms with Crippen molar-refractivity contribution < 1.29 is 13.4 Å². The van der Waals surface area contributed by atoms with Crippen molar-refractivity contribution in [3.05, 3.63) is 52.4 Å². The summed E-state index contributed by atoms with van der Waals surface area (Å²) >= 11 is 3.36. The Morgan fingerprint density at radius 3 is 2.44 bits per heavy atom. The largest absolute Gasteiger partial charge is 0.455 e. The van der Waals surface area contributed by atoms with E-state index in [0.717, 1.165) is 22.2 Å². The molecule has 4 nitrogen and oxygen atoms in total. The Labute approximate surface area is 159 Å². The van der Waals surface area contributed by atoms with Crippen molar-refractivity contribution in [2.24, 2.45) is 0 Å². The first-order valence-electron chi connectivity index (χ1n) is 8.65. The van der Waals surface area contributed by atoms with Gasteiger partial charge in [0, 0.05) is 15.4 Å². The third-order valence-corrected chi connectivity index (χ3v) is 6.30. The van der Waals surface area contributed by atoms with Gasteiger partial charge < -0.3 is 9.73 Å². The fraction of sp³-hybridized carbons (Fsp3) is 0.421. The fourth-order valence-corrected chi connectivity index (χ4v) is 4.34. The number of hydrogen-bond acceptors (Lipinski definition) is 3. The van der Waals surface area contributed by atoms with Gasteiger partial charge in [-0.1, -0.05) is 41.6 Å². The van der Waals surface area contributed by atoms with Crippen LogP contribution >= 0.6 is 15.9 Å². The summed E-state index contributed by atoms with van der Waals surface area (Å²) in [6.45, 7) is 0. The smallest absolute Gasteiger partial charge is 0.287 e. The predicted molar refractivity (Wildman–Crippen MR) is 102 cm³/mol. The molecule has 0 saturated heterocycles. The minimum absolute atomic E-state index is 0.174. The zero-order chi connectivity index (χ0) is 17.6. The molecule has 1 amide bonds. The lowest BCUT2D eigenvalue weighted by Crippen LogP contribution is -2.34. The third kappa shape index (κ3) is 5.28. The summed E-state index contributed by atoms with van der Waals surface area (Å²) in [5.74, 6) is 0.949. The highest BCUT2D eigenvalue weighted by Crippen LogP contribution is 2.20. The quantitative estimate of drug-likeness (QED) is 0.702. The molecule has 25 heavy (non-hydrogen) atoms. The minimum Gasteiger partial charge on any atom is -0.455 e. The molecule has 1 aliphatic carbocycles. The van der Waals surface area contributed by atoms with E-state index in [0.29, 0.717) is 11.5 Å². The van der Waals surface area contributed by atoms with Crippen LogP contribution in [0.4, 0.5) is 0 Å². The Hall–Kier alpha value is -1.40. The molecule has 1 saturated carbocycles. The molecule has 1 aromatic carbocycles. The molecule has 1 heterocycles. The Bertz CT molecular complexity index is 733. The molecule has 0 aliphatic heterocycles. The average molecular weight is 424 g/mol. The predicted octanol–water partition coefficient (Wildman–Crippen LogP) is 4.80. The minimum atomic E-state index is -1.20. The molecule has 134 valence electrons. The summed E-state index contributed by atoms with van der Waals surface area (Å²) in [7, 11) is -1.20. The molecule has 1 aromatic heterocycles. The summed E-state index contributed by atoms with van der Waals surface area (Å²) < 4.78 is 19.0. The molecule has 0 spiro atoms. The summed E-state index contributed by atoms with van der Waals surface area (Å²) in [4.78, 5) is 13.1. The molecule has 1 N–H and O–H groups in total. The van der Waals surface area contributed by atoms with Gasteiger partial charge in [-0.3, -0.25) is 9.00 Å². The molecule has 1 aliphatic rings. The van der Waals surface area contributed by atoms with Crippen LogP contribution in [0.15, 0.2) is 50.2 Å². The summed E-state index contributed by atoms with van der Waals surface area (Å²) in [5, 5.41) is 3.07. The third-order valence-electron chi connectivity index (χ3n) is 4.43. The maximum Gasteiger partial charge on any atom is 0.287 e. The Kier molecular flexibility index (Phi) is 6.48. The number of furan rings is 1. The lowest BCUT2D eigenvalue weighted by Gasteiger charge is -2.14. The van der Waals surface area contributed by atoms with Gasteiger partial charge in [-0.2, -0.15) is 0 Å². The van der Waals surface area contributed by atoms with E-state index in [-0.39, 0.29) is 17.7 Å². The zero-order valence-electron chi connectivity index (χ0n) is 14.0. The highest BCUT2D eigenvalue weighted by Gasteiger charge is 2.18. The van der Waals surface area contributed by atoms with Crippen LogP contribution in [0.5, 0.6) is 0 Å². The van der Waals surface area contributed by atoms with Crippen molar-refractivity contribution in [1.82, 2.24) is 5.32 Å². The van der Waals surface area contributed by atoms with Crippen molar-refractivity contribution in [2.45, 2.75) is 55.2 Å². The van der Waals surface area contributed by atoms with Crippen LogP contribution in [0.1, 0.15) is 54.8 Å². The molecule has 6 heteroatoms. The number of carbonyl (C=O) groups excluding carboxylic acids is 1. The van der Waals surface area contributed by atoms with Gasteiger partial charge in [0.1, 0.15) is 5.76 Å². The zero-order valence-corrected chi connectivity index (χ0v) is 16.4. The average Bonchev–Trinajstić information content (AvgIpc) is 2.91. The molecule has 1 atom stereocenters. The van der Waals surface area contributed by atoms with E-state index in [1.165, 1.54) is 25.7 Å². The molecular weight excluding hydrogens is 402 g/mol. The molecule has 3 rings (SSSR count). The molecule has 0 bridgehead atoms. The van der Waals surface area contributed by atoms with Crippen LogP contribution in [-0.4, -0.2) is 16.2 Å². The highest BCUT2D eigenvalue weighted by atomic mass is 79.9. The maximum atomic E-state index is 12.4. The highest BCUT2D eigenvalue weighted by molar-refractivity contribution is 9.10. The van der Waals surface area contributed by atoms with Gasteiger partial charge in [0.15, 0.2) is 5.76 Å². The molecule has 1 fully saturated rings. The van der Waals surface area contributed by atoms with Crippen LogP contribution in [-0.2, 0) is 16.6 Å². The first kappa shape index (κ1) is 18.4. The second-order valence-electron chi connectivity index (χ2n) is 6.37. The molecule has 0 unspecified atom stereocenters. The van der Waals surface area contributed by atoms with Crippen LogP contribution in [0, 0.1) is 0 Å². The van der Waals surface area contributed by atoms with Gasteiger partial charge >= 0.3 is 0 Å². The van der Waals surface area contributed by atoms with E-state index in [2.05, 4.69) is 21.2 Å². The normalized spacial score (nSPS) is 17.0. The van der Waals surface area contributed by atoms with Gasteiger partial charge in [0.2, 0.25) is 0 Å². The van der Waals surface area contributed by atoms with Crippen LogP contribution in [0.25, 0.3) is 0 Å². The van der Waals surface area contributed by atoms with E-state index in [4.69, 9.17) is 4.42 Å². The Morgan fingerprint density at radius 1 is 1.08 bits per heavy atom. The van der Waals surface area contributed by atoms with Crippen molar-refractivity contribution in [3.63, 3.8) is 0 Å².